The Morgan fingerprint density at radius 3 is 2.57 bits per heavy atom. The molecule has 0 aliphatic heterocycles. The van der Waals surface area contributed by atoms with Crippen molar-refractivity contribution < 1.29 is 24.2 Å². The molecule has 3 fully saturated rings. The summed E-state index contributed by atoms with van der Waals surface area (Å²) < 4.78 is 11.5. The van der Waals surface area contributed by atoms with Crippen LogP contribution in [0.4, 0.5) is 0 Å². The molecule has 1 spiro atoms. The van der Waals surface area contributed by atoms with Crippen LogP contribution in [-0.4, -0.2) is 41.8 Å². The van der Waals surface area contributed by atoms with Crippen LogP contribution in [0.2, 0.25) is 0 Å². The van der Waals surface area contributed by atoms with E-state index in [2.05, 4.69) is 20.8 Å². The summed E-state index contributed by atoms with van der Waals surface area (Å²) in [6.07, 6.45) is 5.84. The maximum Gasteiger partial charge on any atom is 0.302 e. The Balaban J connectivity index is 1.80. The van der Waals surface area contributed by atoms with Gasteiger partial charge in [-0.05, 0) is 37.5 Å². The fourth-order valence-electron chi connectivity index (χ4n) is 7.54. The highest BCUT2D eigenvalue weighted by atomic mass is 16.5. The maximum absolute atomic E-state index is 13.6. The van der Waals surface area contributed by atoms with Crippen molar-refractivity contribution in [3.05, 3.63) is 18.1 Å². The van der Waals surface area contributed by atoms with Crippen molar-refractivity contribution in [3.63, 3.8) is 0 Å². The van der Waals surface area contributed by atoms with Gasteiger partial charge in [-0.15, -0.1) is 0 Å². The van der Waals surface area contributed by atoms with Crippen molar-refractivity contribution in [1.29, 1.82) is 0 Å². The van der Waals surface area contributed by atoms with Gasteiger partial charge in [0, 0.05) is 31.8 Å². The molecule has 5 nitrogen and oxygen atoms in total. The minimum absolute atomic E-state index is 0.00690. The molecule has 4 aliphatic rings. The van der Waals surface area contributed by atoms with Crippen molar-refractivity contribution in [2.45, 2.75) is 78.1 Å². The van der Waals surface area contributed by atoms with Crippen molar-refractivity contribution in [2.24, 2.45) is 28.1 Å². The monoisotopic (exact) mass is 389 g/mol. The lowest BCUT2D eigenvalue weighted by atomic mass is 9.41. The number of aliphatic hydroxyl groups excluding tert-OH is 1. The highest BCUT2D eigenvalue weighted by molar-refractivity contribution is 6.01. The molecule has 28 heavy (non-hydrogen) atoms. The number of hydrogen-bond donors (Lipinski definition) is 1. The molecule has 4 rings (SSSR count). The molecule has 3 saturated carbocycles. The summed E-state index contributed by atoms with van der Waals surface area (Å²) in [5.41, 5.74) is -1.20. The van der Waals surface area contributed by atoms with Gasteiger partial charge < -0.3 is 14.6 Å². The molecule has 154 valence electrons. The zero-order valence-electron chi connectivity index (χ0n) is 17.9. The summed E-state index contributed by atoms with van der Waals surface area (Å²) in [6, 6.07) is 0. The number of Topliss-reactive ketones (excluding diaryl/α,β-unsaturated/α-hetero) is 1. The number of allylic oxidation sites excluding steroid dienone is 1. The first-order chi connectivity index (χ1) is 12.9. The van der Waals surface area contributed by atoms with Crippen LogP contribution in [0, 0.1) is 34.5 Å². The van der Waals surface area contributed by atoms with Crippen LogP contribution in [0.15, 0.2) is 11.6 Å². The highest BCUT2D eigenvalue weighted by Crippen LogP contribution is 2.71. The van der Waals surface area contributed by atoms with Gasteiger partial charge in [-0.2, -0.15) is 0 Å². The second-order valence-electron chi connectivity index (χ2n) is 10.4. The number of ketones is 1. The van der Waals surface area contributed by atoms with Crippen molar-refractivity contribution in [1.82, 2.24) is 0 Å². The Bertz CT molecular complexity index is 754. The number of carbonyl (C=O) groups is 2. The van der Waals surface area contributed by atoms with Crippen molar-refractivity contribution in [3.8, 4) is 0 Å². The summed E-state index contributed by atoms with van der Waals surface area (Å²) in [4.78, 5) is 25.3. The smallest absolute Gasteiger partial charge is 0.302 e. The van der Waals surface area contributed by atoms with E-state index in [1.165, 1.54) is 6.92 Å². The standard InChI is InChI=1S/C23H33O5/c1-13-10-22(27-6)12-16-21(5)8-7-18(28-14(2)24)20(3,4)15(21)9-17(25)23(16,11-13)19(22)26/h10-11,15-18,25H,7-9,12H2,1-6H3/q+1/t15-,16?,17+,18-,21?,22-,23?/m0/s1. The van der Waals surface area contributed by atoms with Gasteiger partial charge in [0.05, 0.1) is 18.6 Å². The van der Waals surface area contributed by atoms with E-state index in [1.807, 2.05) is 19.4 Å². The zero-order valence-corrected chi connectivity index (χ0v) is 17.9. The molecule has 0 amide bonds. The number of aliphatic hydroxyl groups is 1. The fraction of sp³-hybridized carbons (Fsp3) is 0.783. The number of methoxy groups -OCH3 is 1. The second kappa shape index (κ2) is 5.85. The minimum Gasteiger partial charge on any atom is -0.462 e. The van der Waals surface area contributed by atoms with E-state index in [1.54, 1.807) is 7.11 Å². The average Bonchev–Trinajstić information content (AvgIpc) is 2.75. The average molecular weight is 390 g/mol. The van der Waals surface area contributed by atoms with E-state index in [4.69, 9.17) is 9.47 Å². The van der Waals surface area contributed by atoms with Gasteiger partial charge in [0.2, 0.25) is 11.4 Å². The largest absolute Gasteiger partial charge is 0.462 e. The van der Waals surface area contributed by atoms with Gasteiger partial charge in [-0.1, -0.05) is 20.8 Å². The molecule has 0 saturated heterocycles. The van der Waals surface area contributed by atoms with E-state index in [0.717, 1.165) is 18.4 Å². The Kier molecular flexibility index (Phi) is 4.17. The molecule has 5 heteroatoms. The van der Waals surface area contributed by atoms with E-state index < -0.39 is 17.1 Å². The molecule has 3 unspecified atom stereocenters. The van der Waals surface area contributed by atoms with E-state index in [0.29, 0.717) is 12.8 Å². The van der Waals surface area contributed by atoms with Gasteiger partial charge in [-0.25, -0.2) is 0 Å². The predicted octanol–water partition coefficient (Wildman–Crippen LogP) is 3.25. The van der Waals surface area contributed by atoms with E-state index >= 15 is 0 Å². The summed E-state index contributed by atoms with van der Waals surface area (Å²) in [6.45, 7) is 10.0. The maximum atomic E-state index is 13.6. The molecule has 0 aromatic heterocycles. The Hall–Kier alpha value is -1.33. The Labute approximate surface area is 167 Å². The molecule has 2 bridgehead atoms. The third-order valence-corrected chi connectivity index (χ3v) is 8.74. The summed E-state index contributed by atoms with van der Waals surface area (Å²) in [7, 11) is 1.60. The lowest BCUT2D eigenvalue weighted by molar-refractivity contribution is -0.205. The number of fused-ring (bicyclic) bond motifs is 3. The van der Waals surface area contributed by atoms with Gasteiger partial charge in [0.15, 0.2) is 0 Å². The van der Waals surface area contributed by atoms with Gasteiger partial charge in [0.1, 0.15) is 17.1 Å². The molecule has 0 aromatic rings. The first kappa shape index (κ1) is 20.0. The van der Waals surface area contributed by atoms with E-state index in [-0.39, 0.29) is 40.5 Å². The molecule has 4 aliphatic carbocycles. The molecule has 0 radical (unpaired) electrons. The van der Waals surface area contributed by atoms with Crippen LogP contribution < -0.4 is 0 Å². The lowest BCUT2D eigenvalue weighted by Crippen LogP contribution is -2.64. The minimum atomic E-state index is -0.931. The van der Waals surface area contributed by atoms with Crippen molar-refractivity contribution >= 4 is 11.8 Å². The summed E-state index contributed by atoms with van der Waals surface area (Å²) >= 11 is 0. The molecular weight excluding hydrogens is 356 g/mol. The topological polar surface area (TPSA) is 72.8 Å². The Morgan fingerprint density at radius 2 is 1.96 bits per heavy atom. The first-order valence-corrected chi connectivity index (χ1v) is 10.4. The number of rotatable bonds is 2. The van der Waals surface area contributed by atoms with Crippen molar-refractivity contribution in [2.75, 3.05) is 7.11 Å². The number of esters is 1. The lowest BCUT2D eigenvalue weighted by Gasteiger charge is -2.62. The third kappa shape index (κ3) is 2.23. The van der Waals surface area contributed by atoms with Gasteiger partial charge >= 0.3 is 5.97 Å². The quantitative estimate of drug-likeness (QED) is 0.580. The normalized spacial score (nSPS) is 48.8. The summed E-state index contributed by atoms with van der Waals surface area (Å²) in [5, 5.41) is 11.4. The fourth-order valence-corrected chi connectivity index (χ4v) is 7.54. The van der Waals surface area contributed by atoms with Gasteiger partial charge in [0.25, 0.3) is 0 Å². The molecule has 1 N–H and O–H groups in total. The SMILES string of the molecule is CO[C@]12C=C(C)[CH+]C3(C1=O)C(C2)C1(C)CC[C@H](OC(C)=O)C(C)(C)[C@@H]1C[C@H]3O. The van der Waals surface area contributed by atoms with E-state index in [9.17, 15) is 14.7 Å². The predicted molar refractivity (Wildman–Crippen MR) is 104 cm³/mol. The third-order valence-electron chi connectivity index (χ3n) is 8.74. The number of hydrogen-bond acceptors (Lipinski definition) is 5. The Morgan fingerprint density at radius 1 is 1.29 bits per heavy atom. The second-order valence-corrected chi connectivity index (χ2v) is 10.4. The molecule has 0 heterocycles. The first-order valence-electron chi connectivity index (χ1n) is 10.4. The summed E-state index contributed by atoms with van der Waals surface area (Å²) in [5.74, 6) is -0.0796. The van der Waals surface area contributed by atoms with Crippen LogP contribution in [0.25, 0.3) is 0 Å². The van der Waals surface area contributed by atoms with Crippen LogP contribution in [0.1, 0.15) is 60.3 Å². The zero-order chi connectivity index (χ0) is 20.7. The van der Waals surface area contributed by atoms with Crippen LogP contribution in [-0.2, 0) is 19.1 Å². The van der Waals surface area contributed by atoms with Crippen LogP contribution in [0.5, 0.6) is 0 Å². The van der Waals surface area contributed by atoms with Gasteiger partial charge in [-0.3, -0.25) is 9.59 Å². The number of carbonyl (C=O) groups excluding carboxylic acids is 2. The van der Waals surface area contributed by atoms with Crippen LogP contribution >= 0.6 is 0 Å². The molecule has 7 atom stereocenters. The number of ether oxygens (including phenoxy) is 2. The highest BCUT2D eigenvalue weighted by Gasteiger charge is 2.79. The molecular formula is C23H33O5+. The molecule has 0 aromatic carbocycles. The van der Waals surface area contributed by atoms with Crippen LogP contribution in [0.3, 0.4) is 0 Å².